The minimum Gasteiger partial charge on any atom is -0.375 e. The van der Waals surface area contributed by atoms with Gasteiger partial charge >= 0.3 is 0 Å². The molecule has 0 spiro atoms. The average Bonchev–Trinajstić information content (AvgIpc) is 2.02. The molecule has 0 aromatic heterocycles. The highest BCUT2D eigenvalue weighted by Crippen LogP contribution is 1.86. The summed E-state index contributed by atoms with van der Waals surface area (Å²) in [4.78, 5) is 10.9. The second-order valence-corrected chi connectivity index (χ2v) is 3.09. The predicted molar refractivity (Wildman–Crippen MR) is 52.3 cm³/mol. The van der Waals surface area contributed by atoms with Crippen LogP contribution in [-0.4, -0.2) is 31.7 Å². The summed E-state index contributed by atoms with van der Waals surface area (Å²) in [5.41, 5.74) is 6.30. The number of amides is 1. The van der Waals surface area contributed by atoms with E-state index in [9.17, 15) is 4.79 Å². The lowest BCUT2D eigenvalue weighted by molar-refractivity contribution is -0.122. The van der Waals surface area contributed by atoms with Crippen molar-refractivity contribution >= 4 is 5.91 Å². The molecule has 0 saturated heterocycles. The SMILES string of the molecule is C=C(C)COCCNC(=O)C(C)N. The molecule has 0 aliphatic carbocycles. The van der Waals surface area contributed by atoms with Crippen LogP contribution in [0.4, 0.5) is 0 Å². The van der Waals surface area contributed by atoms with Gasteiger partial charge in [0.1, 0.15) is 0 Å². The molecule has 0 aromatic rings. The van der Waals surface area contributed by atoms with E-state index in [-0.39, 0.29) is 5.91 Å². The summed E-state index contributed by atoms with van der Waals surface area (Å²) in [6, 6.07) is -0.457. The van der Waals surface area contributed by atoms with Crippen LogP contribution in [0.15, 0.2) is 12.2 Å². The van der Waals surface area contributed by atoms with Gasteiger partial charge in [-0.05, 0) is 13.8 Å². The monoisotopic (exact) mass is 186 g/mol. The fourth-order valence-electron chi connectivity index (χ4n) is 0.654. The van der Waals surface area contributed by atoms with E-state index in [0.717, 1.165) is 5.57 Å². The van der Waals surface area contributed by atoms with E-state index < -0.39 is 6.04 Å². The van der Waals surface area contributed by atoms with Gasteiger partial charge in [-0.3, -0.25) is 4.79 Å². The molecule has 1 amide bonds. The fourth-order valence-corrected chi connectivity index (χ4v) is 0.654. The summed E-state index contributed by atoms with van der Waals surface area (Å²) in [6.07, 6.45) is 0. The Hall–Kier alpha value is -0.870. The van der Waals surface area contributed by atoms with E-state index in [2.05, 4.69) is 11.9 Å². The molecular weight excluding hydrogens is 168 g/mol. The molecule has 0 bridgehead atoms. The zero-order chi connectivity index (χ0) is 10.3. The van der Waals surface area contributed by atoms with Crippen molar-refractivity contribution in [3.05, 3.63) is 12.2 Å². The molecule has 0 radical (unpaired) electrons. The summed E-state index contributed by atoms with van der Waals surface area (Å²) in [5.74, 6) is -0.154. The zero-order valence-electron chi connectivity index (χ0n) is 8.30. The van der Waals surface area contributed by atoms with Crippen molar-refractivity contribution in [2.75, 3.05) is 19.8 Å². The molecule has 0 fully saturated rings. The van der Waals surface area contributed by atoms with Crippen molar-refractivity contribution in [3.8, 4) is 0 Å². The maximum atomic E-state index is 10.9. The van der Waals surface area contributed by atoms with Crippen molar-refractivity contribution in [2.45, 2.75) is 19.9 Å². The van der Waals surface area contributed by atoms with Crippen LogP contribution in [0.25, 0.3) is 0 Å². The maximum Gasteiger partial charge on any atom is 0.236 e. The van der Waals surface area contributed by atoms with E-state index in [4.69, 9.17) is 10.5 Å². The van der Waals surface area contributed by atoms with Crippen LogP contribution >= 0.6 is 0 Å². The summed E-state index contributed by atoms with van der Waals surface area (Å²) in [7, 11) is 0. The van der Waals surface area contributed by atoms with Crippen LogP contribution in [0, 0.1) is 0 Å². The van der Waals surface area contributed by atoms with E-state index in [1.165, 1.54) is 0 Å². The molecule has 4 nitrogen and oxygen atoms in total. The summed E-state index contributed by atoms with van der Waals surface area (Å²) in [6.45, 7) is 8.74. The van der Waals surface area contributed by atoms with Gasteiger partial charge in [0.2, 0.25) is 5.91 Å². The number of hydrogen-bond acceptors (Lipinski definition) is 3. The average molecular weight is 186 g/mol. The minimum atomic E-state index is -0.457. The Kier molecular flexibility index (Phi) is 6.18. The van der Waals surface area contributed by atoms with Gasteiger partial charge in [-0.2, -0.15) is 0 Å². The third-order valence-corrected chi connectivity index (χ3v) is 1.31. The van der Waals surface area contributed by atoms with Gasteiger partial charge in [-0.1, -0.05) is 12.2 Å². The van der Waals surface area contributed by atoms with Crippen LogP contribution in [0.3, 0.4) is 0 Å². The molecule has 1 unspecified atom stereocenters. The molecule has 13 heavy (non-hydrogen) atoms. The lowest BCUT2D eigenvalue weighted by Crippen LogP contribution is -2.39. The van der Waals surface area contributed by atoms with Gasteiger partial charge < -0.3 is 15.8 Å². The molecule has 0 rings (SSSR count). The summed E-state index contributed by atoms with van der Waals surface area (Å²) < 4.78 is 5.17. The van der Waals surface area contributed by atoms with Crippen LogP contribution in [0.5, 0.6) is 0 Å². The van der Waals surface area contributed by atoms with Gasteiger partial charge in [0.05, 0.1) is 19.3 Å². The van der Waals surface area contributed by atoms with Crippen molar-refractivity contribution in [1.82, 2.24) is 5.32 Å². The first-order valence-corrected chi connectivity index (χ1v) is 4.29. The Morgan fingerprint density at radius 2 is 2.31 bits per heavy atom. The number of nitrogens with two attached hydrogens (primary N) is 1. The Balaban J connectivity index is 3.26. The van der Waals surface area contributed by atoms with Gasteiger partial charge in [0.15, 0.2) is 0 Å². The smallest absolute Gasteiger partial charge is 0.236 e. The molecule has 1 atom stereocenters. The highest BCUT2D eigenvalue weighted by atomic mass is 16.5. The third-order valence-electron chi connectivity index (χ3n) is 1.31. The first-order chi connectivity index (χ1) is 6.04. The van der Waals surface area contributed by atoms with Gasteiger partial charge in [-0.25, -0.2) is 0 Å². The van der Waals surface area contributed by atoms with Crippen LogP contribution in [0.2, 0.25) is 0 Å². The normalized spacial score (nSPS) is 12.2. The largest absolute Gasteiger partial charge is 0.375 e. The highest BCUT2D eigenvalue weighted by Gasteiger charge is 2.04. The Bertz CT molecular complexity index is 178. The number of carbonyl (C=O) groups excluding carboxylic acids is 1. The quantitative estimate of drug-likeness (QED) is 0.455. The number of carbonyl (C=O) groups is 1. The van der Waals surface area contributed by atoms with E-state index in [1.54, 1.807) is 6.92 Å². The van der Waals surface area contributed by atoms with Crippen LogP contribution in [-0.2, 0) is 9.53 Å². The number of hydrogen-bond donors (Lipinski definition) is 2. The molecule has 3 N–H and O–H groups in total. The Morgan fingerprint density at radius 1 is 1.69 bits per heavy atom. The van der Waals surface area contributed by atoms with E-state index in [1.807, 2.05) is 6.92 Å². The van der Waals surface area contributed by atoms with Crippen LogP contribution < -0.4 is 11.1 Å². The van der Waals surface area contributed by atoms with Gasteiger partial charge in [-0.15, -0.1) is 0 Å². The second kappa shape index (κ2) is 6.62. The van der Waals surface area contributed by atoms with Crippen molar-refractivity contribution < 1.29 is 9.53 Å². The Morgan fingerprint density at radius 3 is 2.77 bits per heavy atom. The molecule has 0 aliphatic rings. The number of nitrogens with one attached hydrogen (secondary N) is 1. The molecule has 0 aromatic carbocycles. The van der Waals surface area contributed by atoms with Crippen LogP contribution in [0.1, 0.15) is 13.8 Å². The van der Waals surface area contributed by atoms with Crippen molar-refractivity contribution in [1.29, 1.82) is 0 Å². The fraction of sp³-hybridized carbons (Fsp3) is 0.667. The lowest BCUT2D eigenvalue weighted by Gasteiger charge is -2.07. The first-order valence-electron chi connectivity index (χ1n) is 4.29. The highest BCUT2D eigenvalue weighted by molar-refractivity contribution is 5.80. The van der Waals surface area contributed by atoms with Crippen molar-refractivity contribution in [2.24, 2.45) is 5.73 Å². The minimum absolute atomic E-state index is 0.154. The topological polar surface area (TPSA) is 64.3 Å². The second-order valence-electron chi connectivity index (χ2n) is 3.09. The molecular formula is C9H18N2O2. The zero-order valence-corrected chi connectivity index (χ0v) is 8.30. The van der Waals surface area contributed by atoms with Gasteiger partial charge in [0.25, 0.3) is 0 Å². The predicted octanol–water partition coefficient (Wildman–Crippen LogP) is 0.0425. The lowest BCUT2D eigenvalue weighted by atomic mass is 10.3. The molecule has 0 heterocycles. The van der Waals surface area contributed by atoms with Gasteiger partial charge in [0, 0.05) is 6.54 Å². The molecule has 4 heteroatoms. The first kappa shape index (κ1) is 12.1. The number of ether oxygens (including phenoxy) is 1. The maximum absolute atomic E-state index is 10.9. The summed E-state index contributed by atoms with van der Waals surface area (Å²) in [5, 5.41) is 2.64. The summed E-state index contributed by atoms with van der Waals surface area (Å²) >= 11 is 0. The third kappa shape index (κ3) is 7.49. The molecule has 0 aliphatic heterocycles. The van der Waals surface area contributed by atoms with E-state index >= 15 is 0 Å². The van der Waals surface area contributed by atoms with Crippen molar-refractivity contribution in [3.63, 3.8) is 0 Å². The molecule has 76 valence electrons. The van der Waals surface area contributed by atoms with E-state index in [0.29, 0.717) is 19.8 Å². The molecule has 0 saturated carbocycles. The standard InChI is InChI=1S/C9H18N2O2/c1-7(2)6-13-5-4-11-9(12)8(3)10/h8H,1,4-6,10H2,2-3H3,(H,11,12). The number of rotatable bonds is 6. The Labute approximate surface area is 79.1 Å².